The van der Waals surface area contributed by atoms with Gasteiger partial charge in [-0.15, -0.1) is 0 Å². The Morgan fingerprint density at radius 1 is 1.25 bits per heavy atom. The number of hydrogen-bond donors (Lipinski definition) is 2. The maximum absolute atomic E-state index is 5.84. The molecule has 1 atom stereocenters. The lowest BCUT2D eigenvalue weighted by Crippen LogP contribution is -2.29. The Kier molecular flexibility index (Phi) is 5.35. The van der Waals surface area contributed by atoms with Crippen LogP contribution in [0.25, 0.3) is 0 Å². The topological polar surface area (TPSA) is 60.2 Å². The van der Waals surface area contributed by atoms with Gasteiger partial charge in [-0.3, -0.25) is 10.8 Å². The molecule has 20 heavy (non-hydrogen) atoms. The average Bonchev–Trinajstić information content (AvgIpc) is 2.49. The van der Waals surface area contributed by atoms with Gasteiger partial charge in [-0.05, 0) is 36.2 Å². The minimum Gasteiger partial charge on any atom is -0.494 e. The van der Waals surface area contributed by atoms with Crippen molar-refractivity contribution in [1.82, 2.24) is 10.4 Å². The van der Waals surface area contributed by atoms with Crippen molar-refractivity contribution in [2.45, 2.75) is 19.4 Å². The standard InChI is InChI=1S/C15H18ClN3O/c1-2-9-20-13-6-3-11(4-7-13)15(19-17)14-8-5-12(16)10-18-14/h3-8,10,15,19H,2,9,17H2,1H3. The third-order valence-corrected chi connectivity index (χ3v) is 3.12. The quantitative estimate of drug-likeness (QED) is 0.634. The highest BCUT2D eigenvalue weighted by molar-refractivity contribution is 6.30. The third kappa shape index (κ3) is 3.70. The van der Waals surface area contributed by atoms with Gasteiger partial charge in [0, 0.05) is 6.20 Å². The van der Waals surface area contributed by atoms with E-state index in [2.05, 4.69) is 17.3 Å². The summed E-state index contributed by atoms with van der Waals surface area (Å²) < 4.78 is 5.56. The molecule has 0 fully saturated rings. The van der Waals surface area contributed by atoms with Crippen LogP contribution in [0.15, 0.2) is 42.6 Å². The summed E-state index contributed by atoms with van der Waals surface area (Å²) in [6, 6.07) is 11.3. The molecule has 3 N–H and O–H groups in total. The number of nitrogens with one attached hydrogen (secondary N) is 1. The van der Waals surface area contributed by atoms with Crippen molar-refractivity contribution in [3.8, 4) is 5.75 Å². The number of nitrogens with two attached hydrogens (primary N) is 1. The Balaban J connectivity index is 2.17. The molecule has 106 valence electrons. The molecule has 0 bridgehead atoms. The monoisotopic (exact) mass is 291 g/mol. The fraction of sp³-hybridized carbons (Fsp3) is 0.267. The SMILES string of the molecule is CCCOc1ccc(C(NN)c2ccc(Cl)cn2)cc1. The normalized spacial score (nSPS) is 12.2. The van der Waals surface area contributed by atoms with Crippen LogP contribution in [0.4, 0.5) is 0 Å². The summed E-state index contributed by atoms with van der Waals surface area (Å²) >= 11 is 5.84. The second-order valence-electron chi connectivity index (χ2n) is 4.42. The number of hydrogen-bond acceptors (Lipinski definition) is 4. The first-order chi connectivity index (χ1) is 9.74. The van der Waals surface area contributed by atoms with E-state index in [-0.39, 0.29) is 6.04 Å². The van der Waals surface area contributed by atoms with Crippen molar-refractivity contribution in [3.63, 3.8) is 0 Å². The van der Waals surface area contributed by atoms with E-state index in [0.29, 0.717) is 5.02 Å². The summed E-state index contributed by atoms with van der Waals surface area (Å²) in [4.78, 5) is 4.29. The first-order valence-corrected chi connectivity index (χ1v) is 6.92. The van der Waals surface area contributed by atoms with Crippen molar-refractivity contribution >= 4 is 11.6 Å². The zero-order valence-corrected chi connectivity index (χ0v) is 12.1. The summed E-state index contributed by atoms with van der Waals surface area (Å²) in [6.45, 7) is 2.80. The Bertz CT molecular complexity index is 528. The van der Waals surface area contributed by atoms with Crippen molar-refractivity contribution in [1.29, 1.82) is 0 Å². The van der Waals surface area contributed by atoms with Gasteiger partial charge in [0.2, 0.25) is 0 Å². The summed E-state index contributed by atoms with van der Waals surface area (Å²) in [6.07, 6.45) is 2.60. The van der Waals surface area contributed by atoms with Crippen LogP contribution in [0.2, 0.25) is 5.02 Å². The Labute approximate surface area is 123 Å². The lowest BCUT2D eigenvalue weighted by Gasteiger charge is -2.16. The molecule has 4 nitrogen and oxygen atoms in total. The molecule has 1 aromatic carbocycles. The highest BCUT2D eigenvalue weighted by Gasteiger charge is 2.13. The Morgan fingerprint density at radius 2 is 2.00 bits per heavy atom. The lowest BCUT2D eigenvalue weighted by molar-refractivity contribution is 0.317. The molecule has 0 radical (unpaired) electrons. The third-order valence-electron chi connectivity index (χ3n) is 2.90. The molecule has 0 aliphatic heterocycles. The molecule has 0 amide bonds. The maximum Gasteiger partial charge on any atom is 0.119 e. The van der Waals surface area contributed by atoms with Gasteiger partial charge >= 0.3 is 0 Å². The highest BCUT2D eigenvalue weighted by atomic mass is 35.5. The van der Waals surface area contributed by atoms with Gasteiger partial charge in [0.25, 0.3) is 0 Å². The second-order valence-corrected chi connectivity index (χ2v) is 4.85. The highest BCUT2D eigenvalue weighted by Crippen LogP contribution is 2.23. The van der Waals surface area contributed by atoms with Crippen molar-refractivity contribution in [3.05, 3.63) is 58.9 Å². The fourth-order valence-electron chi connectivity index (χ4n) is 1.89. The molecule has 2 aromatic rings. The molecule has 0 aliphatic carbocycles. The zero-order valence-electron chi connectivity index (χ0n) is 11.3. The van der Waals surface area contributed by atoms with Crippen LogP contribution in [0.3, 0.4) is 0 Å². The van der Waals surface area contributed by atoms with Crippen LogP contribution in [-0.4, -0.2) is 11.6 Å². The fourth-order valence-corrected chi connectivity index (χ4v) is 2.00. The molecule has 5 heteroatoms. The van der Waals surface area contributed by atoms with E-state index in [1.165, 1.54) is 0 Å². The molecular formula is C15H18ClN3O. The predicted molar refractivity (Wildman–Crippen MR) is 80.6 cm³/mol. The van der Waals surface area contributed by atoms with E-state index >= 15 is 0 Å². The summed E-state index contributed by atoms with van der Waals surface area (Å²) in [5.74, 6) is 6.50. The number of nitrogens with zero attached hydrogens (tertiary/aromatic N) is 1. The predicted octanol–water partition coefficient (Wildman–Crippen LogP) is 3.08. The van der Waals surface area contributed by atoms with Crippen LogP contribution in [0.5, 0.6) is 5.75 Å². The van der Waals surface area contributed by atoms with Crippen molar-refractivity contribution in [2.75, 3.05) is 6.61 Å². The number of hydrazine groups is 1. The largest absolute Gasteiger partial charge is 0.494 e. The molecule has 2 rings (SSSR count). The summed E-state index contributed by atoms with van der Waals surface area (Å²) in [5.41, 5.74) is 4.61. The van der Waals surface area contributed by atoms with E-state index in [9.17, 15) is 0 Å². The smallest absolute Gasteiger partial charge is 0.119 e. The van der Waals surface area contributed by atoms with Gasteiger partial charge in [0.15, 0.2) is 0 Å². The van der Waals surface area contributed by atoms with E-state index in [1.54, 1.807) is 12.3 Å². The van der Waals surface area contributed by atoms with Crippen LogP contribution in [-0.2, 0) is 0 Å². The van der Waals surface area contributed by atoms with Gasteiger partial charge in [0.05, 0.1) is 23.4 Å². The number of ether oxygens (including phenoxy) is 1. The van der Waals surface area contributed by atoms with Crippen LogP contribution < -0.4 is 16.0 Å². The summed E-state index contributed by atoms with van der Waals surface area (Å²) in [7, 11) is 0. The molecule has 0 saturated heterocycles. The molecule has 1 unspecified atom stereocenters. The van der Waals surface area contributed by atoms with Gasteiger partial charge in [-0.1, -0.05) is 30.7 Å². The number of halogens is 1. The van der Waals surface area contributed by atoms with Crippen molar-refractivity contribution in [2.24, 2.45) is 5.84 Å². The van der Waals surface area contributed by atoms with E-state index < -0.39 is 0 Å². The number of aromatic nitrogens is 1. The average molecular weight is 292 g/mol. The van der Waals surface area contributed by atoms with Crippen molar-refractivity contribution < 1.29 is 4.74 Å². The van der Waals surface area contributed by atoms with Crippen LogP contribution in [0, 0.1) is 0 Å². The molecule has 0 saturated carbocycles. The van der Waals surface area contributed by atoms with Crippen LogP contribution >= 0.6 is 11.6 Å². The van der Waals surface area contributed by atoms with Gasteiger partial charge in [0.1, 0.15) is 5.75 Å². The zero-order chi connectivity index (χ0) is 14.4. The first kappa shape index (κ1) is 14.8. The van der Waals surface area contributed by atoms with E-state index in [0.717, 1.165) is 30.0 Å². The number of pyridine rings is 1. The van der Waals surface area contributed by atoms with E-state index in [1.807, 2.05) is 30.3 Å². The Hall–Kier alpha value is -1.62. The minimum atomic E-state index is -0.174. The first-order valence-electron chi connectivity index (χ1n) is 6.55. The molecular weight excluding hydrogens is 274 g/mol. The van der Waals surface area contributed by atoms with E-state index in [4.69, 9.17) is 22.2 Å². The summed E-state index contributed by atoms with van der Waals surface area (Å²) in [5, 5.41) is 0.604. The second kappa shape index (κ2) is 7.24. The number of rotatable bonds is 6. The van der Waals surface area contributed by atoms with Gasteiger partial charge in [-0.25, -0.2) is 5.43 Å². The minimum absolute atomic E-state index is 0.174. The molecule has 0 spiro atoms. The molecule has 1 aromatic heterocycles. The maximum atomic E-state index is 5.84. The molecule has 0 aliphatic rings. The van der Waals surface area contributed by atoms with Gasteiger partial charge in [-0.2, -0.15) is 0 Å². The number of benzene rings is 1. The molecule has 1 heterocycles. The Morgan fingerprint density at radius 3 is 2.55 bits per heavy atom. The lowest BCUT2D eigenvalue weighted by atomic mass is 10.0. The van der Waals surface area contributed by atoms with Gasteiger partial charge < -0.3 is 4.74 Å². The van der Waals surface area contributed by atoms with Crippen LogP contribution in [0.1, 0.15) is 30.6 Å².